The molecule has 0 spiro atoms. The number of benzene rings is 1. The van der Waals surface area contributed by atoms with Crippen molar-refractivity contribution in [3.63, 3.8) is 0 Å². The van der Waals surface area contributed by atoms with Crippen LogP contribution in [0.5, 0.6) is 6.01 Å². The summed E-state index contributed by atoms with van der Waals surface area (Å²) in [6, 6.07) is 5.28. The van der Waals surface area contributed by atoms with Crippen molar-refractivity contribution in [3.05, 3.63) is 33.8 Å². The zero-order valence-electron chi connectivity index (χ0n) is 11.4. The predicted molar refractivity (Wildman–Crippen MR) is 82.7 cm³/mol. The van der Waals surface area contributed by atoms with E-state index in [4.69, 9.17) is 33.8 Å². The van der Waals surface area contributed by atoms with Crippen LogP contribution in [-0.4, -0.2) is 22.1 Å². The first kappa shape index (κ1) is 15.6. The number of nitrogen functional groups attached to an aromatic ring is 1. The van der Waals surface area contributed by atoms with Crippen molar-refractivity contribution >= 4 is 35.1 Å². The summed E-state index contributed by atoms with van der Waals surface area (Å²) in [6.07, 6.45) is 0. The number of nitrogens with one attached hydrogen (secondary N) is 2. The molecule has 1 aromatic heterocycles. The fourth-order valence-electron chi connectivity index (χ4n) is 1.70. The van der Waals surface area contributed by atoms with E-state index >= 15 is 0 Å². The van der Waals surface area contributed by atoms with E-state index in [-0.39, 0.29) is 18.0 Å². The second-order valence-corrected chi connectivity index (χ2v) is 4.99. The summed E-state index contributed by atoms with van der Waals surface area (Å²) in [5.74, 6) is 5.81. The van der Waals surface area contributed by atoms with Crippen molar-refractivity contribution < 1.29 is 4.74 Å². The van der Waals surface area contributed by atoms with Crippen LogP contribution in [0.3, 0.4) is 0 Å². The summed E-state index contributed by atoms with van der Waals surface area (Å²) >= 11 is 12.1. The first-order valence-corrected chi connectivity index (χ1v) is 6.77. The maximum Gasteiger partial charge on any atom is 0.322 e. The van der Waals surface area contributed by atoms with Gasteiger partial charge in [0.1, 0.15) is 0 Å². The van der Waals surface area contributed by atoms with Gasteiger partial charge < -0.3 is 10.1 Å². The Hall–Kier alpha value is -1.83. The SMILES string of the molecule is COc1nc(NN)nc(NC(C)c2ccc(Cl)cc2Cl)n1. The number of halogens is 2. The molecule has 2 aromatic rings. The van der Waals surface area contributed by atoms with Crippen LogP contribution in [0.15, 0.2) is 18.2 Å². The van der Waals surface area contributed by atoms with Gasteiger partial charge >= 0.3 is 6.01 Å². The molecular weight excluding hydrogens is 315 g/mol. The molecular formula is C12H14Cl2N6O. The number of anilines is 2. The molecule has 21 heavy (non-hydrogen) atoms. The fraction of sp³-hybridized carbons (Fsp3) is 0.250. The maximum atomic E-state index is 6.17. The quantitative estimate of drug-likeness (QED) is 0.573. The lowest BCUT2D eigenvalue weighted by atomic mass is 10.1. The average Bonchev–Trinajstić information content (AvgIpc) is 2.46. The first-order valence-electron chi connectivity index (χ1n) is 6.01. The second-order valence-electron chi connectivity index (χ2n) is 4.15. The Labute approximate surface area is 131 Å². The van der Waals surface area contributed by atoms with Crippen molar-refractivity contribution in [2.24, 2.45) is 5.84 Å². The molecule has 1 aromatic carbocycles. The lowest BCUT2D eigenvalue weighted by Gasteiger charge is -2.16. The van der Waals surface area contributed by atoms with Gasteiger partial charge in [-0.25, -0.2) is 5.84 Å². The largest absolute Gasteiger partial charge is 0.467 e. The molecule has 0 aliphatic rings. The van der Waals surface area contributed by atoms with Crippen molar-refractivity contribution in [2.75, 3.05) is 17.9 Å². The highest BCUT2D eigenvalue weighted by Crippen LogP contribution is 2.28. The molecule has 4 N–H and O–H groups in total. The van der Waals surface area contributed by atoms with Gasteiger partial charge in [0.25, 0.3) is 0 Å². The van der Waals surface area contributed by atoms with Gasteiger partial charge in [-0.15, -0.1) is 0 Å². The standard InChI is InChI=1S/C12H14Cl2N6O/c1-6(8-4-3-7(13)5-9(8)14)16-10-17-11(20-15)19-12(18-10)21-2/h3-6H,15H2,1-2H3,(H2,16,17,18,19,20). The van der Waals surface area contributed by atoms with Gasteiger partial charge in [-0.05, 0) is 24.6 Å². The summed E-state index contributed by atoms with van der Waals surface area (Å²) in [7, 11) is 1.46. The van der Waals surface area contributed by atoms with Crippen LogP contribution >= 0.6 is 23.2 Å². The van der Waals surface area contributed by atoms with E-state index < -0.39 is 0 Å². The van der Waals surface area contributed by atoms with Crippen LogP contribution < -0.4 is 21.3 Å². The lowest BCUT2D eigenvalue weighted by molar-refractivity contribution is 0.379. The number of hydrogen-bond donors (Lipinski definition) is 3. The van der Waals surface area contributed by atoms with E-state index in [1.54, 1.807) is 12.1 Å². The van der Waals surface area contributed by atoms with E-state index in [1.165, 1.54) is 7.11 Å². The molecule has 0 saturated heterocycles. The van der Waals surface area contributed by atoms with Gasteiger partial charge in [-0.3, -0.25) is 5.43 Å². The van der Waals surface area contributed by atoms with Gasteiger partial charge in [0, 0.05) is 10.0 Å². The number of methoxy groups -OCH3 is 1. The number of rotatable bonds is 5. The highest BCUT2D eigenvalue weighted by molar-refractivity contribution is 6.35. The third-order valence-corrected chi connectivity index (χ3v) is 3.26. The topological polar surface area (TPSA) is 98.0 Å². The molecule has 1 heterocycles. The molecule has 7 nitrogen and oxygen atoms in total. The molecule has 1 atom stereocenters. The molecule has 112 valence electrons. The van der Waals surface area contributed by atoms with Gasteiger partial charge in [0.2, 0.25) is 11.9 Å². The van der Waals surface area contributed by atoms with Crippen LogP contribution in [0.1, 0.15) is 18.5 Å². The van der Waals surface area contributed by atoms with E-state index in [0.717, 1.165) is 5.56 Å². The number of nitrogens with zero attached hydrogens (tertiary/aromatic N) is 3. The molecule has 9 heteroatoms. The minimum absolute atomic E-state index is 0.146. The summed E-state index contributed by atoms with van der Waals surface area (Å²) < 4.78 is 4.98. The van der Waals surface area contributed by atoms with E-state index in [1.807, 2.05) is 13.0 Å². The van der Waals surface area contributed by atoms with E-state index in [2.05, 4.69) is 25.7 Å². The Morgan fingerprint density at radius 1 is 1.19 bits per heavy atom. The smallest absolute Gasteiger partial charge is 0.322 e. The number of hydrogen-bond acceptors (Lipinski definition) is 7. The molecule has 0 amide bonds. The minimum Gasteiger partial charge on any atom is -0.467 e. The fourth-order valence-corrected chi connectivity index (χ4v) is 2.27. The molecule has 0 saturated carbocycles. The van der Waals surface area contributed by atoms with Gasteiger partial charge in [-0.1, -0.05) is 29.3 Å². The molecule has 2 rings (SSSR count). The second kappa shape index (κ2) is 6.75. The third-order valence-electron chi connectivity index (χ3n) is 2.70. The Kier molecular flexibility index (Phi) is 5.00. The maximum absolute atomic E-state index is 6.17. The Bertz CT molecular complexity index is 617. The van der Waals surface area contributed by atoms with Crippen molar-refractivity contribution in [1.82, 2.24) is 15.0 Å². The van der Waals surface area contributed by atoms with Crippen molar-refractivity contribution in [2.45, 2.75) is 13.0 Å². The molecule has 0 aliphatic heterocycles. The van der Waals surface area contributed by atoms with Gasteiger partial charge in [0.15, 0.2) is 0 Å². The number of ether oxygens (including phenoxy) is 1. The Morgan fingerprint density at radius 2 is 1.90 bits per heavy atom. The Morgan fingerprint density at radius 3 is 2.52 bits per heavy atom. The lowest BCUT2D eigenvalue weighted by Crippen LogP contribution is -2.15. The third kappa shape index (κ3) is 3.84. The number of aromatic nitrogens is 3. The molecule has 0 fully saturated rings. The predicted octanol–water partition coefficient (Wildman–Crippen LogP) is 2.65. The summed E-state index contributed by atoms with van der Waals surface area (Å²) in [4.78, 5) is 12.1. The van der Waals surface area contributed by atoms with Crippen LogP contribution in [0.4, 0.5) is 11.9 Å². The van der Waals surface area contributed by atoms with Crippen LogP contribution in [-0.2, 0) is 0 Å². The molecule has 0 aliphatic carbocycles. The highest BCUT2D eigenvalue weighted by atomic mass is 35.5. The first-order chi connectivity index (χ1) is 10.0. The van der Waals surface area contributed by atoms with E-state index in [9.17, 15) is 0 Å². The Balaban J connectivity index is 2.24. The highest BCUT2D eigenvalue weighted by Gasteiger charge is 2.13. The molecule has 0 radical (unpaired) electrons. The summed E-state index contributed by atoms with van der Waals surface area (Å²) in [5, 5.41) is 4.24. The summed E-state index contributed by atoms with van der Waals surface area (Å²) in [5.41, 5.74) is 3.21. The number of hydrazine groups is 1. The normalized spacial score (nSPS) is 11.9. The zero-order chi connectivity index (χ0) is 15.4. The van der Waals surface area contributed by atoms with Crippen molar-refractivity contribution in [1.29, 1.82) is 0 Å². The van der Waals surface area contributed by atoms with Crippen LogP contribution in [0.25, 0.3) is 0 Å². The van der Waals surface area contributed by atoms with Gasteiger partial charge in [-0.2, -0.15) is 15.0 Å². The zero-order valence-corrected chi connectivity index (χ0v) is 12.9. The molecule has 0 bridgehead atoms. The minimum atomic E-state index is -0.146. The molecule has 1 unspecified atom stereocenters. The van der Waals surface area contributed by atoms with Crippen LogP contribution in [0.2, 0.25) is 10.0 Å². The summed E-state index contributed by atoms with van der Waals surface area (Å²) in [6.45, 7) is 1.92. The van der Waals surface area contributed by atoms with E-state index in [0.29, 0.717) is 16.0 Å². The monoisotopic (exact) mass is 328 g/mol. The average molecular weight is 329 g/mol. The van der Waals surface area contributed by atoms with Gasteiger partial charge in [0.05, 0.1) is 13.2 Å². The number of nitrogens with two attached hydrogens (primary N) is 1. The van der Waals surface area contributed by atoms with Crippen LogP contribution in [0, 0.1) is 0 Å². The van der Waals surface area contributed by atoms with Crippen molar-refractivity contribution in [3.8, 4) is 6.01 Å².